The van der Waals surface area contributed by atoms with E-state index in [1.54, 1.807) is 54.6 Å². The van der Waals surface area contributed by atoms with Gasteiger partial charge in [0, 0.05) is 16.1 Å². The minimum absolute atomic E-state index is 0.191. The lowest BCUT2D eigenvalue weighted by molar-refractivity contribution is -0.118. The van der Waals surface area contributed by atoms with E-state index < -0.39 is 0 Å². The first kappa shape index (κ1) is 28.9. The monoisotopic (exact) mass is 718 g/mol. The fourth-order valence-corrected chi connectivity index (χ4v) is 6.10. The van der Waals surface area contributed by atoms with Gasteiger partial charge in [-0.2, -0.15) is 9.78 Å². The molecule has 2 heterocycles. The molecule has 0 radical (unpaired) electrons. The van der Waals surface area contributed by atoms with Gasteiger partial charge in [0.15, 0.2) is 12.4 Å². The van der Waals surface area contributed by atoms with Gasteiger partial charge in [-0.25, -0.2) is 4.98 Å². The molecule has 43 heavy (non-hydrogen) atoms. The van der Waals surface area contributed by atoms with Crippen LogP contribution < -0.4 is 15.6 Å². The summed E-state index contributed by atoms with van der Waals surface area (Å²) in [5, 5.41) is 9.12. The van der Waals surface area contributed by atoms with Crippen LogP contribution in [0.4, 0.5) is 5.69 Å². The molecular formula is C32H21Br2ClN4O4. The summed E-state index contributed by atoms with van der Waals surface area (Å²) in [6.45, 7) is 1.73. The average Bonchev–Trinajstić information content (AvgIpc) is 3.40. The molecule has 1 N–H and O–H groups in total. The van der Waals surface area contributed by atoms with Gasteiger partial charge in [-0.15, -0.1) is 0 Å². The van der Waals surface area contributed by atoms with Crippen LogP contribution in [-0.4, -0.2) is 28.4 Å². The van der Waals surface area contributed by atoms with E-state index in [1.165, 1.54) is 10.9 Å². The molecular weight excluding hydrogens is 700 g/mol. The molecule has 0 spiro atoms. The summed E-state index contributed by atoms with van der Waals surface area (Å²) >= 11 is 13.2. The van der Waals surface area contributed by atoms with E-state index in [1.807, 2.05) is 37.3 Å². The van der Waals surface area contributed by atoms with E-state index in [4.69, 9.17) is 25.7 Å². The number of rotatable bonds is 7. The number of benzene rings is 4. The Hall–Kier alpha value is -4.25. The molecule has 2 aromatic heterocycles. The van der Waals surface area contributed by atoms with Crippen LogP contribution in [0.25, 0.3) is 33.5 Å². The van der Waals surface area contributed by atoms with Crippen LogP contribution in [0.5, 0.6) is 5.75 Å². The summed E-state index contributed by atoms with van der Waals surface area (Å²) in [6, 6.07) is 25.2. The smallest absolute Gasteiger partial charge is 0.282 e. The largest absolute Gasteiger partial charge is 0.481 e. The van der Waals surface area contributed by atoms with Gasteiger partial charge in [0.25, 0.3) is 11.5 Å². The van der Waals surface area contributed by atoms with Crippen molar-refractivity contribution >= 4 is 83.1 Å². The third-order valence-electron chi connectivity index (χ3n) is 6.56. The first-order valence-corrected chi connectivity index (χ1v) is 15.0. The number of hydrogen-bond acceptors (Lipinski definition) is 6. The number of furan rings is 1. The molecule has 1 amide bonds. The lowest BCUT2D eigenvalue weighted by Gasteiger charge is -2.12. The summed E-state index contributed by atoms with van der Waals surface area (Å²) in [7, 11) is 0. The number of carbonyl (C=O) groups is 1. The van der Waals surface area contributed by atoms with Crippen LogP contribution in [0.1, 0.15) is 11.1 Å². The number of nitrogens with one attached hydrogen (secondary N) is 1. The molecule has 0 atom stereocenters. The van der Waals surface area contributed by atoms with Crippen LogP contribution in [0.15, 0.2) is 108 Å². The highest BCUT2D eigenvalue weighted by Crippen LogP contribution is 2.35. The third kappa shape index (κ3) is 6.13. The van der Waals surface area contributed by atoms with Gasteiger partial charge >= 0.3 is 0 Å². The number of hydrogen-bond donors (Lipinski definition) is 1. The van der Waals surface area contributed by atoms with Gasteiger partial charge in [-0.1, -0.05) is 41.9 Å². The average molecular weight is 721 g/mol. The summed E-state index contributed by atoms with van der Waals surface area (Å²) in [5.74, 6) is 0.767. The first-order valence-electron chi connectivity index (χ1n) is 13.0. The van der Waals surface area contributed by atoms with Gasteiger partial charge < -0.3 is 14.5 Å². The molecule has 214 valence electrons. The first-order chi connectivity index (χ1) is 20.8. The van der Waals surface area contributed by atoms with Crippen LogP contribution >= 0.6 is 43.5 Å². The third-order valence-corrected chi connectivity index (χ3v) is 7.98. The SMILES string of the molecule is Cc1ccccc1NC(=O)COc1c(Br)cc(C=Nn2c(-c3cc4cc(Cl)ccc4o3)nc3ccccc3c2=O)cc1Br. The summed E-state index contributed by atoms with van der Waals surface area (Å²) in [4.78, 5) is 30.8. The van der Waals surface area contributed by atoms with Gasteiger partial charge in [0.2, 0.25) is 5.82 Å². The highest BCUT2D eigenvalue weighted by Gasteiger charge is 2.17. The zero-order chi connectivity index (χ0) is 30.1. The van der Waals surface area contributed by atoms with E-state index in [9.17, 15) is 9.59 Å². The van der Waals surface area contributed by atoms with Crippen LogP contribution in [-0.2, 0) is 4.79 Å². The Bertz CT molecular complexity index is 2100. The van der Waals surface area contributed by atoms with Crippen molar-refractivity contribution < 1.29 is 13.9 Å². The number of anilines is 1. The van der Waals surface area contributed by atoms with Crippen molar-refractivity contribution in [1.82, 2.24) is 9.66 Å². The number of para-hydroxylation sites is 2. The molecule has 0 aliphatic heterocycles. The molecule has 11 heteroatoms. The van der Waals surface area contributed by atoms with Gasteiger partial charge in [0.1, 0.15) is 11.3 Å². The number of fused-ring (bicyclic) bond motifs is 2. The standard InChI is InChI=1S/C32H21Br2ClN4O4/c1-18-6-2-4-8-25(18)37-29(40)17-42-30-23(33)12-19(13-24(30)34)16-36-39-31(38-26-9-5-3-7-22(26)32(39)41)28-15-20-14-21(35)10-11-27(20)43-28/h2-16H,17H2,1H3,(H,37,40). The Morgan fingerprint density at radius 1 is 1.05 bits per heavy atom. The van der Waals surface area contributed by atoms with Crippen molar-refractivity contribution in [3.05, 3.63) is 120 Å². The molecule has 6 rings (SSSR count). The minimum Gasteiger partial charge on any atom is -0.481 e. The molecule has 4 aromatic carbocycles. The Labute approximate surface area is 267 Å². The van der Waals surface area contributed by atoms with E-state index >= 15 is 0 Å². The maximum atomic E-state index is 13.6. The van der Waals surface area contributed by atoms with Crippen molar-refractivity contribution in [2.45, 2.75) is 6.92 Å². The van der Waals surface area contributed by atoms with Crippen LogP contribution in [0, 0.1) is 6.92 Å². The number of halogens is 3. The summed E-state index contributed by atoms with van der Waals surface area (Å²) in [6.07, 6.45) is 1.53. The zero-order valence-electron chi connectivity index (χ0n) is 22.5. The number of ether oxygens (including phenoxy) is 1. The quantitative estimate of drug-likeness (QED) is 0.168. The topological polar surface area (TPSA) is 98.7 Å². The molecule has 0 bridgehead atoms. The fraction of sp³-hybridized carbons (Fsp3) is 0.0625. The van der Waals surface area contributed by atoms with E-state index in [0.29, 0.717) is 47.5 Å². The predicted octanol–water partition coefficient (Wildman–Crippen LogP) is 8.20. The molecule has 6 aromatic rings. The normalized spacial score (nSPS) is 11.4. The molecule has 0 aliphatic carbocycles. The lowest BCUT2D eigenvalue weighted by atomic mass is 10.2. The van der Waals surface area contributed by atoms with Gasteiger partial charge in [0.05, 0.1) is 26.1 Å². The van der Waals surface area contributed by atoms with E-state index in [-0.39, 0.29) is 23.9 Å². The van der Waals surface area contributed by atoms with E-state index in [2.05, 4.69) is 42.3 Å². The predicted molar refractivity (Wildman–Crippen MR) is 176 cm³/mol. The molecule has 0 saturated heterocycles. The van der Waals surface area contributed by atoms with Crippen LogP contribution in [0.2, 0.25) is 5.02 Å². The molecule has 0 fully saturated rings. The minimum atomic E-state index is -0.354. The molecule has 0 unspecified atom stereocenters. The number of nitrogens with zero attached hydrogens (tertiary/aromatic N) is 3. The highest BCUT2D eigenvalue weighted by atomic mass is 79.9. The highest BCUT2D eigenvalue weighted by molar-refractivity contribution is 9.11. The zero-order valence-corrected chi connectivity index (χ0v) is 26.4. The number of carbonyl (C=O) groups excluding carboxylic acids is 1. The Balaban J connectivity index is 1.30. The second kappa shape index (κ2) is 12.2. The van der Waals surface area contributed by atoms with Gasteiger partial charge in [-0.05, 0) is 105 Å². The van der Waals surface area contributed by atoms with Crippen molar-refractivity contribution in [2.75, 3.05) is 11.9 Å². The maximum Gasteiger partial charge on any atom is 0.282 e. The van der Waals surface area contributed by atoms with Gasteiger partial charge in [-0.3, -0.25) is 9.59 Å². The fourth-order valence-electron chi connectivity index (χ4n) is 4.47. The maximum absolute atomic E-state index is 13.6. The lowest BCUT2D eigenvalue weighted by Crippen LogP contribution is -2.21. The molecule has 0 saturated carbocycles. The van der Waals surface area contributed by atoms with E-state index in [0.717, 1.165) is 16.6 Å². The number of aryl methyl sites for hydroxylation is 1. The second-order valence-corrected chi connectivity index (χ2v) is 11.7. The van der Waals surface area contributed by atoms with Crippen molar-refractivity contribution in [3.8, 4) is 17.3 Å². The molecule has 0 aliphatic rings. The van der Waals surface area contributed by atoms with Crippen molar-refractivity contribution in [1.29, 1.82) is 0 Å². The number of aromatic nitrogens is 2. The second-order valence-electron chi connectivity index (χ2n) is 9.57. The number of amides is 1. The Morgan fingerprint density at radius 3 is 2.58 bits per heavy atom. The molecule has 8 nitrogen and oxygen atoms in total. The van der Waals surface area contributed by atoms with Crippen LogP contribution in [0.3, 0.4) is 0 Å². The van der Waals surface area contributed by atoms with Crippen molar-refractivity contribution in [2.24, 2.45) is 5.10 Å². The van der Waals surface area contributed by atoms with Crippen molar-refractivity contribution in [3.63, 3.8) is 0 Å². The Kier molecular flexibility index (Phi) is 8.16. The summed E-state index contributed by atoms with van der Waals surface area (Å²) < 4.78 is 14.2. The Morgan fingerprint density at radius 2 is 1.79 bits per heavy atom. The summed E-state index contributed by atoms with van der Waals surface area (Å²) in [5.41, 5.74) is 3.10.